The van der Waals surface area contributed by atoms with Crippen LogP contribution in [0.5, 0.6) is 0 Å². The molecule has 0 aromatic carbocycles. The molecule has 0 aliphatic carbocycles. The first-order chi connectivity index (χ1) is 14.4. The van der Waals surface area contributed by atoms with Crippen molar-refractivity contribution in [2.45, 2.75) is 78.9 Å². The van der Waals surface area contributed by atoms with Crippen LogP contribution in [0.1, 0.15) is 0 Å². The van der Waals surface area contributed by atoms with Gasteiger partial charge in [-0.05, 0) is 12.1 Å². The normalized spacial score (nSPS) is 17.2. The highest BCUT2D eigenvalue weighted by atomic mass is 35.6. The van der Waals surface area contributed by atoms with E-state index >= 15 is 0 Å². The molecule has 0 saturated heterocycles. The SMILES string of the molecule is C[Si](C)(Cl)CC[SiH](Cl)CC(F)(F)C(F)(F)C(F)(F)C(F)(F)C(F)(F)C(F)(F)C(F)(F)C(F)(F)F. The summed E-state index contributed by atoms with van der Waals surface area (Å²) in [6.07, 6.45) is -7.77. The molecule has 0 aliphatic rings. The maximum Gasteiger partial charge on any atom is 0.460 e. The minimum atomic E-state index is -8.62. The first-order valence-electron chi connectivity index (χ1n) is 8.39. The van der Waals surface area contributed by atoms with Gasteiger partial charge in [0.25, 0.3) is 0 Å². The smallest absolute Gasteiger partial charge is 0.200 e. The van der Waals surface area contributed by atoms with Crippen LogP contribution in [0.25, 0.3) is 0 Å². The van der Waals surface area contributed by atoms with Crippen LogP contribution in [-0.2, 0) is 0 Å². The number of hydrogen-bond acceptors (Lipinski definition) is 0. The molecule has 34 heavy (non-hydrogen) atoms. The van der Waals surface area contributed by atoms with Crippen molar-refractivity contribution in [3.8, 4) is 0 Å². The third-order valence-corrected chi connectivity index (χ3v) is 9.93. The first kappa shape index (κ1) is 33.8. The van der Waals surface area contributed by atoms with Crippen molar-refractivity contribution in [2.24, 2.45) is 0 Å². The number of rotatable bonds is 11. The Kier molecular flexibility index (Phi) is 9.24. The molecule has 0 nitrogen and oxygen atoms in total. The van der Waals surface area contributed by atoms with Crippen LogP contribution in [0.15, 0.2) is 0 Å². The third-order valence-electron chi connectivity index (χ3n) is 4.32. The van der Waals surface area contributed by atoms with E-state index in [-0.39, 0.29) is 6.04 Å². The highest BCUT2D eigenvalue weighted by Crippen LogP contribution is 2.64. The van der Waals surface area contributed by atoms with Crippen LogP contribution in [0, 0.1) is 0 Å². The summed E-state index contributed by atoms with van der Waals surface area (Å²) in [5.74, 6) is -56.2. The first-order valence-corrected chi connectivity index (χ1v) is 16.0. The van der Waals surface area contributed by atoms with Crippen molar-refractivity contribution in [1.29, 1.82) is 0 Å². The minimum Gasteiger partial charge on any atom is -0.200 e. The lowest BCUT2D eigenvalue weighted by Crippen LogP contribution is -2.74. The molecule has 0 spiro atoms. The molecule has 0 radical (unpaired) electrons. The van der Waals surface area contributed by atoms with Crippen LogP contribution in [-0.4, -0.2) is 63.1 Å². The van der Waals surface area contributed by atoms with Gasteiger partial charge in [0.1, 0.15) is 15.5 Å². The van der Waals surface area contributed by atoms with E-state index in [1.54, 1.807) is 0 Å². The molecule has 1 unspecified atom stereocenters. The topological polar surface area (TPSA) is 0 Å². The van der Waals surface area contributed by atoms with Crippen molar-refractivity contribution in [1.82, 2.24) is 0 Å². The van der Waals surface area contributed by atoms with Crippen LogP contribution in [0.2, 0.25) is 31.2 Å². The summed E-state index contributed by atoms with van der Waals surface area (Å²) in [7, 11) is -6.38. The average Bonchev–Trinajstić information content (AvgIpc) is 2.56. The molecule has 1 atom stereocenters. The van der Waals surface area contributed by atoms with Gasteiger partial charge in [0.2, 0.25) is 0 Å². The van der Waals surface area contributed by atoms with Crippen LogP contribution in [0.4, 0.5) is 74.6 Å². The molecule has 0 aromatic heterocycles. The summed E-state index contributed by atoms with van der Waals surface area (Å²) < 4.78 is 224. The number of alkyl halides is 17. The van der Waals surface area contributed by atoms with E-state index in [0.29, 0.717) is 0 Å². The summed E-state index contributed by atoms with van der Waals surface area (Å²) in [5.41, 5.74) is 0. The summed E-state index contributed by atoms with van der Waals surface area (Å²) in [4.78, 5) is 0. The molecule has 0 bridgehead atoms. The van der Waals surface area contributed by atoms with Crippen molar-refractivity contribution >= 4 is 37.6 Å². The van der Waals surface area contributed by atoms with E-state index in [0.717, 1.165) is 0 Å². The molecule has 206 valence electrons. The second-order valence-corrected chi connectivity index (χ2v) is 18.7. The molecule has 0 N–H and O–H groups in total. The van der Waals surface area contributed by atoms with Crippen LogP contribution in [0.3, 0.4) is 0 Å². The standard InChI is InChI=1S/C13H13Cl2F17Si2/c1-34(2,15)4-3-33(14)5-6(16,17)7(18,19)8(20,21)9(22,23)10(24,25)11(26,27)12(28,29)13(30,31)32/h33H,3-5H2,1-2H3. The van der Waals surface area contributed by atoms with Crippen molar-refractivity contribution < 1.29 is 74.6 Å². The third kappa shape index (κ3) is 5.55. The zero-order chi connectivity index (χ0) is 28.2. The van der Waals surface area contributed by atoms with E-state index < -0.39 is 75.2 Å². The van der Waals surface area contributed by atoms with Crippen molar-refractivity contribution in [3.05, 3.63) is 0 Å². The summed E-state index contributed by atoms with van der Waals surface area (Å²) >= 11 is 11.2. The van der Waals surface area contributed by atoms with Crippen molar-refractivity contribution in [2.75, 3.05) is 0 Å². The second kappa shape index (κ2) is 9.29. The van der Waals surface area contributed by atoms with E-state index in [9.17, 15) is 74.6 Å². The zero-order valence-electron chi connectivity index (χ0n) is 16.4. The maximum absolute atomic E-state index is 13.8. The summed E-state index contributed by atoms with van der Waals surface area (Å²) in [6, 6.07) is -3.26. The van der Waals surface area contributed by atoms with Gasteiger partial charge in [0.15, 0.2) is 0 Å². The summed E-state index contributed by atoms with van der Waals surface area (Å²) in [5, 5.41) is 0. The molecular weight excluding hydrogens is 606 g/mol. The van der Waals surface area contributed by atoms with Gasteiger partial charge in [-0.3, -0.25) is 0 Å². The monoisotopic (exact) mass is 618 g/mol. The van der Waals surface area contributed by atoms with Gasteiger partial charge in [-0.1, -0.05) is 13.1 Å². The zero-order valence-corrected chi connectivity index (χ0v) is 20.0. The lowest BCUT2D eigenvalue weighted by Gasteiger charge is -2.43. The average molecular weight is 619 g/mol. The highest BCUT2D eigenvalue weighted by molar-refractivity contribution is 7.19. The molecule has 21 heteroatoms. The fourth-order valence-corrected chi connectivity index (χ4v) is 9.77. The molecule has 0 rings (SSSR count). The Labute approximate surface area is 191 Å². The number of halogens is 19. The lowest BCUT2D eigenvalue weighted by atomic mass is 9.89. The Bertz CT molecular complexity index is 713. The van der Waals surface area contributed by atoms with Gasteiger partial charge in [0.05, 0.1) is 0 Å². The predicted molar refractivity (Wildman–Crippen MR) is 91.4 cm³/mol. The van der Waals surface area contributed by atoms with Gasteiger partial charge in [-0.25, -0.2) is 0 Å². The van der Waals surface area contributed by atoms with E-state index in [1.807, 2.05) is 0 Å². The maximum atomic E-state index is 13.8. The lowest BCUT2D eigenvalue weighted by molar-refractivity contribution is -0.460. The van der Waals surface area contributed by atoms with Gasteiger partial charge in [-0.2, -0.15) is 96.8 Å². The Morgan fingerprint density at radius 3 is 1.15 bits per heavy atom. The minimum absolute atomic E-state index is 0.181. The quantitative estimate of drug-likeness (QED) is 0.124. The molecule has 0 fully saturated rings. The molecular formula is C13H13Cl2F17Si2. The van der Waals surface area contributed by atoms with Crippen molar-refractivity contribution in [3.63, 3.8) is 0 Å². The van der Waals surface area contributed by atoms with Gasteiger partial charge < -0.3 is 0 Å². The fourth-order valence-electron chi connectivity index (χ4n) is 2.20. The Hall–Kier alpha value is -0.176. The van der Waals surface area contributed by atoms with Crippen LogP contribution >= 0.6 is 22.2 Å². The predicted octanol–water partition coefficient (Wildman–Crippen LogP) is 8.40. The molecule has 0 heterocycles. The molecule has 0 amide bonds. The summed E-state index contributed by atoms with van der Waals surface area (Å²) in [6.45, 7) is 2.79. The highest BCUT2D eigenvalue weighted by Gasteiger charge is 2.95. The molecule has 0 aliphatic heterocycles. The Morgan fingerprint density at radius 1 is 0.559 bits per heavy atom. The van der Waals surface area contributed by atoms with Gasteiger partial charge in [0, 0.05) is 6.04 Å². The van der Waals surface area contributed by atoms with E-state index in [4.69, 9.17) is 22.2 Å². The van der Waals surface area contributed by atoms with Crippen LogP contribution < -0.4 is 0 Å². The Balaban J connectivity index is 6.40. The van der Waals surface area contributed by atoms with E-state index in [2.05, 4.69) is 0 Å². The fraction of sp³-hybridized carbons (Fsp3) is 1.00. The van der Waals surface area contributed by atoms with E-state index in [1.165, 1.54) is 13.1 Å². The largest absolute Gasteiger partial charge is 0.460 e. The van der Waals surface area contributed by atoms with Gasteiger partial charge in [-0.15, -0.1) is 0 Å². The molecule has 0 aromatic rings. The second-order valence-electron chi connectivity index (χ2n) is 7.71. The molecule has 0 saturated carbocycles. The van der Waals surface area contributed by atoms with Gasteiger partial charge >= 0.3 is 47.6 Å². The Morgan fingerprint density at radius 2 is 0.853 bits per heavy atom. The number of hydrogen-bond donors (Lipinski definition) is 0.